The lowest BCUT2D eigenvalue weighted by Gasteiger charge is -2.04. The van der Waals surface area contributed by atoms with Gasteiger partial charge in [-0.15, -0.1) is 0 Å². The third kappa shape index (κ3) is 2.66. The second-order valence-corrected chi connectivity index (χ2v) is 2.69. The summed E-state index contributed by atoms with van der Waals surface area (Å²) in [6.07, 6.45) is 0. The van der Waals surface area contributed by atoms with E-state index in [1.165, 1.54) is 0 Å². The van der Waals surface area contributed by atoms with Gasteiger partial charge in [0, 0.05) is 5.75 Å². The smallest absolute Gasteiger partial charge is 0.119 e. The molecule has 0 aromatic heterocycles. The first-order valence-corrected chi connectivity index (χ1v) is 4.38. The van der Waals surface area contributed by atoms with Crippen molar-refractivity contribution in [2.45, 2.75) is 0 Å². The van der Waals surface area contributed by atoms with Gasteiger partial charge in [0.1, 0.15) is 11.5 Å². The van der Waals surface area contributed by atoms with E-state index in [9.17, 15) is 0 Å². The normalized spacial score (nSPS) is 9.50. The van der Waals surface area contributed by atoms with Gasteiger partial charge in [0.25, 0.3) is 0 Å². The molecule has 1 rings (SSSR count). The maximum atomic E-state index is 5.32. The van der Waals surface area contributed by atoms with Gasteiger partial charge >= 0.3 is 0 Å². The lowest BCUT2D eigenvalue weighted by atomic mass is 10.3. The monoisotopic (exact) mass is 184 g/mol. The third-order valence-electron chi connectivity index (χ3n) is 1.42. The summed E-state index contributed by atoms with van der Waals surface area (Å²) >= 11 is 4.04. The van der Waals surface area contributed by atoms with Crippen molar-refractivity contribution in [1.29, 1.82) is 0 Å². The summed E-state index contributed by atoms with van der Waals surface area (Å²) in [5.74, 6) is 2.42. The number of methoxy groups -OCH3 is 1. The molecule has 0 atom stereocenters. The van der Waals surface area contributed by atoms with Gasteiger partial charge in [-0.25, -0.2) is 0 Å². The van der Waals surface area contributed by atoms with Crippen molar-refractivity contribution in [3.63, 3.8) is 0 Å². The molecule has 0 heterocycles. The van der Waals surface area contributed by atoms with Gasteiger partial charge in [-0.2, -0.15) is 12.6 Å². The van der Waals surface area contributed by atoms with Crippen molar-refractivity contribution in [2.75, 3.05) is 19.5 Å². The minimum absolute atomic E-state index is 0.634. The Balaban J connectivity index is 2.53. The van der Waals surface area contributed by atoms with E-state index < -0.39 is 0 Å². The molecule has 0 radical (unpaired) electrons. The van der Waals surface area contributed by atoms with E-state index in [1.54, 1.807) is 7.11 Å². The van der Waals surface area contributed by atoms with E-state index in [1.807, 2.05) is 24.3 Å². The minimum atomic E-state index is 0.634. The number of rotatable bonds is 4. The standard InChI is InChI=1S/C9H12O2S/c1-10-8-2-4-9(5-3-8)11-6-7-12/h2-5,12H,6-7H2,1H3. The molecule has 2 nitrogen and oxygen atoms in total. The first-order valence-electron chi connectivity index (χ1n) is 3.74. The van der Waals surface area contributed by atoms with Crippen LogP contribution in [0.5, 0.6) is 11.5 Å². The van der Waals surface area contributed by atoms with Crippen LogP contribution in [0.2, 0.25) is 0 Å². The Bertz CT molecular complexity index is 220. The zero-order valence-electron chi connectivity index (χ0n) is 6.99. The van der Waals surface area contributed by atoms with Gasteiger partial charge in [-0.3, -0.25) is 0 Å². The van der Waals surface area contributed by atoms with Crippen molar-refractivity contribution in [3.8, 4) is 11.5 Å². The number of ether oxygens (including phenoxy) is 2. The van der Waals surface area contributed by atoms with E-state index in [4.69, 9.17) is 9.47 Å². The Morgan fingerprint density at radius 1 is 1.17 bits per heavy atom. The van der Waals surface area contributed by atoms with Crippen molar-refractivity contribution in [2.24, 2.45) is 0 Å². The van der Waals surface area contributed by atoms with Gasteiger partial charge in [0.15, 0.2) is 0 Å². The zero-order chi connectivity index (χ0) is 8.81. The van der Waals surface area contributed by atoms with E-state index in [2.05, 4.69) is 12.6 Å². The number of hydrogen-bond donors (Lipinski definition) is 1. The Morgan fingerprint density at radius 3 is 2.25 bits per heavy atom. The average molecular weight is 184 g/mol. The molecule has 12 heavy (non-hydrogen) atoms. The van der Waals surface area contributed by atoms with Gasteiger partial charge in [0.2, 0.25) is 0 Å². The molecule has 0 saturated carbocycles. The topological polar surface area (TPSA) is 18.5 Å². The lowest BCUT2D eigenvalue weighted by Crippen LogP contribution is -1.97. The molecule has 1 aromatic carbocycles. The summed E-state index contributed by atoms with van der Waals surface area (Å²) in [4.78, 5) is 0. The predicted molar refractivity (Wildman–Crippen MR) is 52.3 cm³/mol. The molecule has 0 saturated heterocycles. The SMILES string of the molecule is COc1ccc(OCCS)cc1. The van der Waals surface area contributed by atoms with E-state index in [0.717, 1.165) is 17.3 Å². The van der Waals surface area contributed by atoms with Crippen LogP contribution >= 0.6 is 12.6 Å². The molecule has 1 aromatic rings. The van der Waals surface area contributed by atoms with E-state index >= 15 is 0 Å². The van der Waals surface area contributed by atoms with Gasteiger partial charge in [-0.05, 0) is 24.3 Å². The summed E-state index contributed by atoms with van der Waals surface area (Å²) in [5.41, 5.74) is 0. The van der Waals surface area contributed by atoms with Crippen molar-refractivity contribution >= 4 is 12.6 Å². The molecule has 0 unspecified atom stereocenters. The van der Waals surface area contributed by atoms with Gasteiger partial charge < -0.3 is 9.47 Å². The summed E-state index contributed by atoms with van der Waals surface area (Å²) in [6.45, 7) is 0.634. The summed E-state index contributed by atoms with van der Waals surface area (Å²) in [6, 6.07) is 7.49. The molecule has 0 N–H and O–H groups in total. The molecule has 0 aliphatic heterocycles. The molecule has 0 bridgehead atoms. The predicted octanol–water partition coefficient (Wildman–Crippen LogP) is 2.00. The highest BCUT2D eigenvalue weighted by Gasteiger charge is 1.92. The van der Waals surface area contributed by atoms with Crippen LogP contribution in [-0.4, -0.2) is 19.5 Å². The maximum absolute atomic E-state index is 5.32. The highest BCUT2D eigenvalue weighted by Crippen LogP contribution is 2.16. The fourth-order valence-corrected chi connectivity index (χ4v) is 0.927. The first kappa shape index (κ1) is 9.26. The summed E-state index contributed by atoms with van der Waals surface area (Å²) < 4.78 is 10.3. The molecule has 66 valence electrons. The Kier molecular flexibility index (Phi) is 3.80. The number of thiol groups is 1. The Morgan fingerprint density at radius 2 is 1.75 bits per heavy atom. The maximum Gasteiger partial charge on any atom is 0.119 e. The molecular weight excluding hydrogens is 172 g/mol. The number of hydrogen-bond acceptors (Lipinski definition) is 3. The van der Waals surface area contributed by atoms with Crippen LogP contribution in [0, 0.1) is 0 Å². The van der Waals surface area contributed by atoms with E-state index in [0.29, 0.717) is 6.61 Å². The number of benzene rings is 1. The minimum Gasteiger partial charge on any atom is -0.497 e. The van der Waals surface area contributed by atoms with E-state index in [-0.39, 0.29) is 0 Å². The van der Waals surface area contributed by atoms with Crippen LogP contribution in [0.15, 0.2) is 24.3 Å². The highest BCUT2D eigenvalue weighted by molar-refractivity contribution is 7.80. The molecule has 0 spiro atoms. The summed E-state index contributed by atoms with van der Waals surface area (Å²) in [7, 11) is 1.64. The molecule has 0 aliphatic rings. The quantitative estimate of drug-likeness (QED) is 0.721. The lowest BCUT2D eigenvalue weighted by molar-refractivity contribution is 0.343. The third-order valence-corrected chi connectivity index (χ3v) is 1.60. The van der Waals surface area contributed by atoms with Crippen LogP contribution < -0.4 is 9.47 Å². The van der Waals surface area contributed by atoms with Crippen molar-refractivity contribution in [3.05, 3.63) is 24.3 Å². The molecular formula is C9H12O2S. The molecule has 0 amide bonds. The fourth-order valence-electron chi connectivity index (χ4n) is 0.835. The van der Waals surface area contributed by atoms with Crippen molar-refractivity contribution < 1.29 is 9.47 Å². The zero-order valence-corrected chi connectivity index (χ0v) is 7.88. The van der Waals surface area contributed by atoms with Crippen LogP contribution in [0.3, 0.4) is 0 Å². The summed E-state index contributed by atoms with van der Waals surface area (Å²) in [5, 5.41) is 0. The molecule has 0 aliphatic carbocycles. The second-order valence-electron chi connectivity index (χ2n) is 2.25. The van der Waals surface area contributed by atoms with Gasteiger partial charge in [-0.1, -0.05) is 0 Å². The highest BCUT2D eigenvalue weighted by atomic mass is 32.1. The Labute approximate surface area is 77.9 Å². The molecule has 3 heteroatoms. The second kappa shape index (κ2) is 4.93. The van der Waals surface area contributed by atoms with Crippen LogP contribution in [-0.2, 0) is 0 Å². The van der Waals surface area contributed by atoms with Crippen LogP contribution in [0.25, 0.3) is 0 Å². The van der Waals surface area contributed by atoms with Crippen LogP contribution in [0.1, 0.15) is 0 Å². The van der Waals surface area contributed by atoms with Crippen LogP contribution in [0.4, 0.5) is 0 Å². The first-order chi connectivity index (χ1) is 5.86. The largest absolute Gasteiger partial charge is 0.497 e. The Hall–Kier alpha value is -0.830. The van der Waals surface area contributed by atoms with Crippen molar-refractivity contribution in [1.82, 2.24) is 0 Å². The fraction of sp³-hybridized carbons (Fsp3) is 0.333. The molecule has 0 fully saturated rings. The van der Waals surface area contributed by atoms with Gasteiger partial charge in [0.05, 0.1) is 13.7 Å². The average Bonchev–Trinajstić information content (AvgIpc) is 2.15.